The molecule has 0 spiro atoms. The number of furan rings is 1. The fourth-order valence-corrected chi connectivity index (χ4v) is 1.64. The van der Waals surface area contributed by atoms with E-state index < -0.39 is 5.97 Å². The Kier molecular flexibility index (Phi) is 6.08. The first-order chi connectivity index (χ1) is 9.04. The summed E-state index contributed by atoms with van der Waals surface area (Å²) in [6.45, 7) is 2.69. The number of amides is 1. The van der Waals surface area contributed by atoms with Crippen molar-refractivity contribution < 1.29 is 18.7 Å². The molecule has 1 rings (SSSR count). The van der Waals surface area contributed by atoms with Gasteiger partial charge in [-0.05, 0) is 38.4 Å². The molecule has 19 heavy (non-hydrogen) atoms. The third-order valence-corrected chi connectivity index (χ3v) is 2.74. The van der Waals surface area contributed by atoms with Crippen molar-refractivity contribution in [2.75, 3.05) is 13.7 Å². The van der Waals surface area contributed by atoms with E-state index in [1.54, 1.807) is 12.1 Å². The molecule has 6 nitrogen and oxygen atoms in total. The lowest BCUT2D eigenvalue weighted by Gasteiger charge is -2.10. The summed E-state index contributed by atoms with van der Waals surface area (Å²) < 4.78 is 9.95. The summed E-state index contributed by atoms with van der Waals surface area (Å²) in [7, 11) is 1.31. The van der Waals surface area contributed by atoms with Crippen LogP contribution in [-0.4, -0.2) is 25.5 Å². The smallest absolute Gasteiger partial charge is 0.373 e. The van der Waals surface area contributed by atoms with Crippen molar-refractivity contribution in [3.63, 3.8) is 0 Å². The molecule has 0 saturated heterocycles. The summed E-state index contributed by atoms with van der Waals surface area (Å²) in [5.41, 5.74) is 5.05. The third kappa shape index (κ3) is 5.13. The van der Waals surface area contributed by atoms with E-state index >= 15 is 0 Å². The molecule has 6 heteroatoms. The fourth-order valence-electron chi connectivity index (χ4n) is 1.64. The number of nitrogens with one attached hydrogen (secondary N) is 1. The van der Waals surface area contributed by atoms with Crippen LogP contribution in [0.3, 0.4) is 0 Å². The van der Waals surface area contributed by atoms with E-state index in [0.717, 1.165) is 19.4 Å². The molecule has 0 aliphatic rings. The van der Waals surface area contributed by atoms with Gasteiger partial charge in [0.15, 0.2) is 0 Å². The van der Waals surface area contributed by atoms with Gasteiger partial charge in [0.2, 0.25) is 11.7 Å². The standard InChI is InChI=1S/C13H20N2O4/c1-9(15-8-4-3-5-12(14)16)10-6-7-11(19-10)13(17)18-2/h6-7,9,15H,3-5,8H2,1-2H3,(H2,14,16). The van der Waals surface area contributed by atoms with Gasteiger partial charge in [-0.2, -0.15) is 0 Å². The van der Waals surface area contributed by atoms with Gasteiger partial charge in [0.25, 0.3) is 0 Å². The molecule has 0 fully saturated rings. The number of nitrogens with two attached hydrogens (primary N) is 1. The van der Waals surface area contributed by atoms with Crippen molar-refractivity contribution in [3.05, 3.63) is 23.7 Å². The van der Waals surface area contributed by atoms with E-state index in [4.69, 9.17) is 10.2 Å². The van der Waals surface area contributed by atoms with E-state index in [2.05, 4.69) is 10.1 Å². The van der Waals surface area contributed by atoms with Crippen LogP contribution in [0.25, 0.3) is 0 Å². The van der Waals surface area contributed by atoms with Crippen LogP contribution in [0.15, 0.2) is 16.5 Å². The largest absolute Gasteiger partial charge is 0.463 e. The monoisotopic (exact) mass is 268 g/mol. The van der Waals surface area contributed by atoms with Gasteiger partial charge in [-0.15, -0.1) is 0 Å². The number of hydrogen-bond donors (Lipinski definition) is 2. The maximum atomic E-state index is 11.2. The lowest BCUT2D eigenvalue weighted by Crippen LogP contribution is -2.20. The Morgan fingerprint density at radius 3 is 2.79 bits per heavy atom. The highest BCUT2D eigenvalue weighted by molar-refractivity contribution is 5.86. The highest BCUT2D eigenvalue weighted by Crippen LogP contribution is 2.16. The van der Waals surface area contributed by atoms with Crippen molar-refractivity contribution in [1.29, 1.82) is 0 Å². The van der Waals surface area contributed by atoms with E-state index in [1.807, 2.05) is 6.92 Å². The molecule has 0 bridgehead atoms. The van der Waals surface area contributed by atoms with Gasteiger partial charge in [0.1, 0.15) is 5.76 Å². The number of carbonyl (C=O) groups is 2. The van der Waals surface area contributed by atoms with Gasteiger partial charge in [0.05, 0.1) is 13.2 Å². The second-order valence-electron chi connectivity index (χ2n) is 4.29. The summed E-state index contributed by atoms with van der Waals surface area (Å²) in [4.78, 5) is 21.8. The number of carbonyl (C=O) groups excluding carboxylic acids is 2. The van der Waals surface area contributed by atoms with Crippen LogP contribution in [0, 0.1) is 0 Å². The van der Waals surface area contributed by atoms with Gasteiger partial charge in [0, 0.05) is 6.42 Å². The SMILES string of the molecule is COC(=O)c1ccc(C(C)NCCCCC(N)=O)o1. The van der Waals surface area contributed by atoms with Gasteiger partial charge >= 0.3 is 5.97 Å². The molecule has 0 saturated carbocycles. The summed E-state index contributed by atoms with van der Waals surface area (Å²) >= 11 is 0. The quantitative estimate of drug-likeness (QED) is 0.548. The summed E-state index contributed by atoms with van der Waals surface area (Å²) in [5.74, 6) is 0.108. The predicted octanol–water partition coefficient (Wildman–Crippen LogP) is 1.37. The Morgan fingerprint density at radius 1 is 1.42 bits per heavy atom. The molecular weight excluding hydrogens is 248 g/mol. The average Bonchev–Trinajstić information content (AvgIpc) is 2.86. The number of hydrogen-bond acceptors (Lipinski definition) is 5. The van der Waals surface area contributed by atoms with E-state index in [1.165, 1.54) is 7.11 Å². The van der Waals surface area contributed by atoms with Crippen LogP contribution in [0.4, 0.5) is 0 Å². The Bertz CT molecular complexity index is 428. The van der Waals surface area contributed by atoms with Crippen LogP contribution >= 0.6 is 0 Å². The van der Waals surface area contributed by atoms with Gasteiger partial charge in [-0.3, -0.25) is 4.79 Å². The molecular formula is C13H20N2O4. The molecule has 1 aromatic heterocycles. The Morgan fingerprint density at radius 2 is 2.16 bits per heavy atom. The second kappa shape index (κ2) is 7.58. The molecule has 3 N–H and O–H groups in total. The summed E-state index contributed by atoms with van der Waals surface area (Å²) in [6.07, 6.45) is 2.03. The van der Waals surface area contributed by atoms with Crippen LogP contribution in [-0.2, 0) is 9.53 Å². The lowest BCUT2D eigenvalue weighted by molar-refractivity contribution is -0.118. The molecule has 0 aliphatic carbocycles. The van der Waals surface area contributed by atoms with Crippen molar-refractivity contribution in [3.8, 4) is 0 Å². The first-order valence-corrected chi connectivity index (χ1v) is 6.24. The Hall–Kier alpha value is -1.82. The molecule has 0 aliphatic heterocycles. The van der Waals surface area contributed by atoms with Crippen LogP contribution in [0.2, 0.25) is 0 Å². The minimum Gasteiger partial charge on any atom is -0.463 e. The van der Waals surface area contributed by atoms with Gasteiger partial charge < -0.3 is 20.2 Å². The van der Waals surface area contributed by atoms with E-state index in [-0.39, 0.29) is 17.7 Å². The zero-order valence-corrected chi connectivity index (χ0v) is 11.3. The fraction of sp³-hybridized carbons (Fsp3) is 0.538. The number of ether oxygens (including phenoxy) is 1. The summed E-state index contributed by atoms with van der Waals surface area (Å²) in [6, 6.07) is 3.33. The molecule has 0 aromatic carbocycles. The molecule has 106 valence electrons. The molecule has 1 unspecified atom stereocenters. The van der Waals surface area contributed by atoms with Crippen molar-refractivity contribution in [1.82, 2.24) is 5.32 Å². The van der Waals surface area contributed by atoms with E-state index in [0.29, 0.717) is 12.2 Å². The molecule has 1 atom stereocenters. The minimum atomic E-state index is -0.486. The topological polar surface area (TPSA) is 94.6 Å². The maximum absolute atomic E-state index is 11.2. The molecule has 1 heterocycles. The Balaban J connectivity index is 2.33. The second-order valence-corrected chi connectivity index (χ2v) is 4.29. The zero-order valence-electron chi connectivity index (χ0n) is 11.3. The number of methoxy groups -OCH3 is 1. The van der Waals surface area contributed by atoms with Gasteiger partial charge in [-0.25, -0.2) is 4.79 Å². The highest BCUT2D eigenvalue weighted by Gasteiger charge is 2.14. The Labute approximate surface area is 112 Å². The zero-order chi connectivity index (χ0) is 14.3. The van der Waals surface area contributed by atoms with Crippen LogP contribution in [0.5, 0.6) is 0 Å². The van der Waals surface area contributed by atoms with Crippen molar-refractivity contribution in [2.24, 2.45) is 5.73 Å². The molecule has 1 amide bonds. The van der Waals surface area contributed by atoms with Crippen molar-refractivity contribution >= 4 is 11.9 Å². The van der Waals surface area contributed by atoms with E-state index in [9.17, 15) is 9.59 Å². The number of rotatable bonds is 8. The third-order valence-electron chi connectivity index (χ3n) is 2.74. The summed E-state index contributed by atoms with van der Waals surface area (Å²) in [5, 5.41) is 3.24. The van der Waals surface area contributed by atoms with Crippen LogP contribution < -0.4 is 11.1 Å². The van der Waals surface area contributed by atoms with Gasteiger partial charge in [-0.1, -0.05) is 0 Å². The minimum absolute atomic E-state index is 0.00742. The van der Waals surface area contributed by atoms with Crippen molar-refractivity contribution in [2.45, 2.75) is 32.2 Å². The first kappa shape index (κ1) is 15.2. The first-order valence-electron chi connectivity index (χ1n) is 6.24. The molecule has 0 radical (unpaired) electrons. The lowest BCUT2D eigenvalue weighted by atomic mass is 10.2. The van der Waals surface area contributed by atoms with Crippen LogP contribution in [0.1, 0.15) is 48.5 Å². The highest BCUT2D eigenvalue weighted by atomic mass is 16.5. The molecule has 1 aromatic rings. The predicted molar refractivity (Wildman–Crippen MR) is 69.5 cm³/mol. The normalized spacial score (nSPS) is 12.1. The number of esters is 1. The maximum Gasteiger partial charge on any atom is 0.373 e. The number of primary amides is 1. The number of unbranched alkanes of at least 4 members (excludes halogenated alkanes) is 1. The average molecular weight is 268 g/mol.